The molecule has 0 aliphatic carbocycles. The summed E-state index contributed by atoms with van der Waals surface area (Å²) in [7, 11) is 3.32. The second kappa shape index (κ2) is 4.06. The van der Waals surface area contributed by atoms with Crippen molar-refractivity contribution in [2.75, 3.05) is 14.2 Å². The van der Waals surface area contributed by atoms with Gasteiger partial charge in [0.2, 0.25) is 0 Å². The van der Waals surface area contributed by atoms with Crippen molar-refractivity contribution < 1.29 is 9.47 Å². The lowest BCUT2D eigenvalue weighted by Gasteiger charge is -2.28. The van der Waals surface area contributed by atoms with Gasteiger partial charge in [0, 0.05) is 11.3 Å². The minimum absolute atomic E-state index is 0.0311. The van der Waals surface area contributed by atoms with E-state index in [4.69, 9.17) is 14.5 Å². The summed E-state index contributed by atoms with van der Waals surface area (Å²) in [6.07, 6.45) is 0.931. The lowest BCUT2D eigenvalue weighted by atomic mass is 9.87. The molecule has 0 spiro atoms. The van der Waals surface area contributed by atoms with E-state index in [2.05, 4.69) is 19.9 Å². The molecule has 1 aromatic rings. The first-order valence-corrected chi connectivity index (χ1v) is 5.78. The summed E-state index contributed by atoms with van der Waals surface area (Å²) in [6.45, 7) is 6.35. The van der Waals surface area contributed by atoms with Crippen LogP contribution in [-0.2, 0) is 6.42 Å². The van der Waals surface area contributed by atoms with Gasteiger partial charge >= 0.3 is 0 Å². The maximum absolute atomic E-state index is 5.34. The zero-order valence-electron chi connectivity index (χ0n) is 11.1. The summed E-state index contributed by atoms with van der Waals surface area (Å²) in [5.41, 5.74) is 3.48. The van der Waals surface area contributed by atoms with Crippen LogP contribution in [0.5, 0.6) is 11.5 Å². The Morgan fingerprint density at radius 2 is 1.71 bits per heavy atom. The van der Waals surface area contributed by atoms with Crippen molar-refractivity contribution in [2.45, 2.75) is 32.7 Å². The Bertz CT molecular complexity index is 475. The van der Waals surface area contributed by atoms with Crippen molar-refractivity contribution in [3.8, 4) is 11.5 Å². The first-order chi connectivity index (χ1) is 7.96. The zero-order valence-corrected chi connectivity index (χ0v) is 11.1. The third-order valence-corrected chi connectivity index (χ3v) is 3.09. The van der Waals surface area contributed by atoms with Crippen LogP contribution < -0.4 is 9.47 Å². The van der Waals surface area contributed by atoms with Gasteiger partial charge in [-0.1, -0.05) is 0 Å². The van der Waals surface area contributed by atoms with Gasteiger partial charge in [-0.25, -0.2) is 0 Å². The Morgan fingerprint density at radius 3 is 2.29 bits per heavy atom. The van der Waals surface area contributed by atoms with E-state index < -0.39 is 0 Å². The first-order valence-electron chi connectivity index (χ1n) is 5.78. The van der Waals surface area contributed by atoms with Gasteiger partial charge < -0.3 is 9.47 Å². The van der Waals surface area contributed by atoms with Gasteiger partial charge in [0.1, 0.15) is 0 Å². The molecule has 0 saturated carbocycles. The predicted molar refractivity (Wildman–Crippen MR) is 69.5 cm³/mol. The highest BCUT2D eigenvalue weighted by Crippen LogP contribution is 2.35. The van der Waals surface area contributed by atoms with Crippen LogP contribution in [-0.4, -0.2) is 25.5 Å². The van der Waals surface area contributed by atoms with Crippen LogP contribution in [0.4, 0.5) is 0 Å². The van der Waals surface area contributed by atoms with E-state index in [1.807, 2.05) is 13.0 Å². The summed E-state index contributed by atoms with van der Waals surface area (Å²) < 4.78 is 10.7. The standard InChI is InChI=1S/C14H19NO2/c1-9-11-7-13(17-5)12(16-4)6-10(11)8-14(2,3)15-9/h6-7H,8H2,1-5H3. The summed E-state index contributed by atoms with van der Waals surface area (Å²) in [5, 5.41) is 0. The number of rotatable bonds is 2. The molecule has 1 aromatic carbocycles. The molecule has 0 atom stereocenters. The summed E-state index contributed by atoms with van der Waals surface area (Å²) in [6, 6.07) is 4.08. The normalized spacial score (nSPS) is 17.1. The summed E-state index contributed by atoms with van der Waals surface area (Å²) in [5.74, 6) is 1.55. The zero-order chi connectivity index (χ0) is 12.6. The van der Waals surface area contributed by atoms with Gasteiger partial charge in [-0.3, -0.25) is 4.99 Å². The molecule has 1 aliphatic heterocycles. The van der Waals surface area contributed by atoms with Gasteiger partial charge in [0.05, 0.1) is 19.8 Å². The molecule has 0 fully saturated rings. The van der Waals surface area contributed by atoms with E-state index in [1.54, 1.807) is 14.2 Å². The van der Waals surface area contributed by atoms with Crippen molar-refractivity contribution >= 4 is 5.71 Å². The maximum Gasteiger partial charge on any atom is 0.161 e. The van der Waals surface area contributed by atoms with Crippen molar-refractivity contribution in [2.24, 2.45) is 4.99 Å². The van der Waals surface area contributed by atoms with Crippen molar-refractivity contribution in [1.29, 1.82) is 0 Å². The van der Waals surface area contributed by atoms with Crippen LogP contribution in [0.25, 0.3) is 0 Å². The quantitative estimate of drug-likeness (QED) is 0.786. The van der Waals surface area contributed by atoms with Gasteiger partial charge in [0.25, 0.3) is 0 Å². The molecular formula is C14H19NO2. The van der Waals surface area contributed by atoms with Gasteiger partial charge in [-0.15, -0.1) is 0 Å². The predicted octanol–water partition coefficient (Wildman–Crippen LogP) is 2.85. The number of hydrogen-bond acceptors (Lipinski definition) is 3. The Hall–Kier alpha value is -1.51. The molecule has 1 aliphatic rings. The third-order valence-electron chi connectivity index (χ3n) is 3.09. The van der Waals surface area contributed by atoms with Crippen LogP contribution in [0.1, 0.15) is 31.9 Å². The lowest BCUT2D eigenvalue weighted by Crippen LogP contribution is -2.27. The van der Waals surface area contributed by atoms with Gasteiger partial charge in [-0.05, 0) is 44.9 Å². The number of methoxy groups -OCH3 is 2. The minimum Gasteiger partial charge on any atom is -0.493 e. The third kappa shape index (κ3) is 2.14. The molecule has 3 heteroatoms. The fourth-order valence-corrected chi connectivity index (χ4v) is 2.42. The molecule has 3 nitrogen and oxygen atoms in total. The number of benzene rings is 1. The number of nitrogens with zero attached hydrogens (tertiary/aromatic N) is 1. The summed E-state index contributed by atoms with van der Waals surface area (Å²) >= 11 is 0. The van der Waals surface area contributed by atoms with Crippen LogP contribution in [0.3, 0.4) is 0 Å². The SMILES string of the molecule is COc1cc2c(cc1OC)C(C)=NC(C)(C)C2. The topological polar surface area (TPSA) is 30.8 Å². The van der Waals surface area contributed by atoms with Crippen LogP contribution in [0.2, 0.25) is 0 Å². The molecule has 17 heavy (non-hydrogen) atoms. The van der Waals surface area contributed by atoms with E-state index in [0.29, 0.717) is 0 Å². The average Bonchev–Trinajstić information content (AvgIpc) is 2.26. The van der Waals surface area contributed by atoms with Crippen molar-refractivity contribution in [1.82, 2.24) is 0 Å². The van der Waals surface area contributed by atoms with E-state index >= 15 is 0 Å². The molecule has 0 radical (unpaired) electrons. The Balaban J connectivity index is 2.57. The molecule has 2 rings (SSSR count). The highest BCUT2D eigenvalue weighted by molar-refractivity contribution is 6.01. The van der Waals surface area contributed by atoms with E-state index in [0.717, 1.165) is 23.6 Å². The van der Waals surface area contributed by atoms with Crippen molar-refractivity contribution in [3.05, 3.63) is 23.3 Å². The summed E-state index contributed by atoms with van der Waals surface area (Å²) in [4.78, 5) is 4.71. The fraction of sp³-hybridized carbons (Fsp3) is 0.500. The maximum atomic E-state index is 5.34. The van der Waals surface area contributed by atoms with Crippen LogP contribution in [0.15, 0.2) is 17.1 Å². The van der Waals surface area contributed by atoms with Crippen molar-refractivity contribution in [3.63, 3.8) is 0 Å². The van der Waals surface area contributed by atoms with Gasteiger partial charge in [-0.2, -0.15) is 0 Å². The van der Waals surface area contributed by atoms with Crippen LogP contribution >= 0.6 is 0 Å². The molecular weight excluding hydrogens is 214 g/mol. The number of fused-ring (bicyclic) bond motifs is 1. The number of aliphatic imine (C=N–C) groups is 1. The molecule has 0 amide bonds. The smallest absolute Gasteiger partial charge is 0.161 e. The molecule has 0 saturated heterocycles. The van der Waals surface area contributed by atoms with E-state index in [-0.39, 0.29) is 5.54 Å². The minimum atomic E-state index is -0.0311. The molecule has 0 aromatic heterocycles. The second-order valence-electron chi connectivity index (χ2n) is 5.05. The Kier molecular flexibility index (Phi) is 2.86. The molecule has 0 unspecified atom stereocenters. The molecule has 0 N–H and O–H groups in total. The molecule has 92 valence electrons. The fourth-order valence-electron chi connectivity index (χ4n) is 2.42. The average molecular weight is 233 g/mol. The largest absolute Gasteiger partial charge is 0.493 e. The molecule has 0 bridgehead atoms. The van der Waals surface area contributed by atoms with E-state index in [1.165, 1.54) is 11.1 Å². The second-order valence-corrected chi connectivity index (χ2v) is 5.05. The van der Waals surface area contributed by atoms with Gasteiger partial charge in [0.15, 0.2) is 11.5 Å². The number of hydrogen-bond donors (Lipinski definition) is 0. The lowest BCUT2D eigenvalue weighted by molar-refractivity contribution is 0.353. The Morgan fingerprint density at radius 1 is 1.12 bits per heavy atom. The monoisotopic (exact) mass is 233 g/mol. The Labute approximate surface area is 102 Å². The van der Waals surface area contributed by atoms with Crippen LogP contribution in [0, 0.1) is 0 Å². The number of ether oxygens (including phenoxy) is 2. The highest BCUT2D eigenvalue weighted by atomic mass is 16.5. The first kappa shape index (κ1) is 12.0. The highest BCUT2D eigenvalue weighted by Gasteiger charge is 2.26. The van der Waals surface area contributed by atoms with E-state index in [9.17, 15) is 0 Å². The molecule has 1 heterocycles.